The van der Waals surface area contributed by atoms with Crippen molar-refractivity contribution in [2.45, 2.75) is 38.8 Å². The zero-order valence-corrected chi connectivity index (χ0v) is 19.2. The number of hydrogen-bond donors (Lipinski definition) is 2. The van der Waals surface area contributed by atoms with Crippen LogP contribution in [0.25, 0.3) is 10.6 Å². The van der Waals surface area contributed by atoms with Crippen molar-refractivity contribution in [2.24, 2.45) is 5.92 Å². The molecule has 0 spiro atoms. The number of rotatable bonds is 9. The van der Waals surface area contributed by atoms with Crippen LogP contribution >= 0.6 is 11.3 Å². The summed E-state index contributed by atoms with van der Waals surface area (Å²) in [6.07, 6.45) is 3.36. The van der Waals surface area contributed by atoms with Crippen LogP contribution in [0.1, 0.15) is 58.4 Å². The Morgan fingerprint density at radius 2 is 1.94 bits per heavy atom. The predicted molar refractivity (Wildman–Crippen MR) is 124 cm³/mol. The first-order valence-electron chi connectivity index (χ1n) is 10.8. The highest BCUT2D eigenvalue weighted by Gasteiger charge is 2.30. The Hall–Kier alpha value is -3.10. The third-order valence-electron chi connectivity index (χ3n) is 5.44. The molecule has 1 saturated carbocycles. The summed E-state index contributed by atoms with van der Waals surface area (Å²) in [4.78, 5) is 29.5. The standard InChI is InChI=1S/C25H25FN2O4S/c1-14(13-29)28-24(31)20-10-7-18(11-21(20)26)25-27-12-22(33-25)15(2)32-19-8-5-17(6-9-19)23(30)16-3-4-16/h5-12,14-16,29H,3-4,13H2,1-2H3,(H,28,31)/t14-,15?/m1/s1. The molecule has 2 aromatic carbocycles. The summed E-state index contributed by atoms with van der Waals surface area (Å²) in [6.45, 7) is 3.31. The van der Waals surface area contributed by atoms with Crippen LogP contribution in [-0.4, -0.2) is 34.4 Å². The first-order valence-corrected chi connectivity index (χ1v) is 11.7. The number of ether oxygens (including phenoxy) is 1. The van der Waals surface area contributed by atoms with E-state index in [9.17, 15) is 14.0 Å². The number of hydrogen-bond acceptors (Lipinski definition) is 6. The number of ketones is 1. The van der Waals surface area contributed by atoms with E-state index in [4.69, 9.17) is 9.84 Å². The van der Waals surface area contributed by atoms with E-state index >= 15 is 0 Å². The monoisotopic (exact) mass is 468 g/mol. The molecule has 1 aliphatic rings. The van der Waals surface area contributed by atoms with Crippen LogP contribution in [0.3, 0.4) is 0 Å². The molecule has 2 N–H and O–H groups in total. The number of nitrogens with zero attached hydrogens (tertiary/aromatic N) is 1. The van der Waals surface area contributed by atoms with Gasteiger partial charge in [-0.15, -0.1) is 11.3 Å². The maximum Gasteiger partial charge on any atom is 0.254 e. The molecule has 1 unspecified atom stereocenters. The fourth-order valence-corrected chi connectivity index (χ4v) is 4.22. The number of aliphatic hydroxyl groups excluding tert-OH is 1. The topological polar surface area (TPSA) is 88.5 Å². The Morgan fingerprint density at radius 3 is 2.58 bits per heavy atom. The average Bonchev–Trinajstić information content (AvgIpc) is 3.54. The lowest BCUT2D eigenvalue weighted by Gasteiger charge is -2.13. The molecule has 1 amide bonds. The Balaban J connectivity index is 1.42. The highest BCUT2D eigenvalue weighted by atomic mass is 32.1. The van der Waals surface area contributed by atoms with E-state index < -0.39 is 17.8 Å². The number of Topliss-reactive ketones (excluding diaryl/α,β-unsaturated/α-hetero) is 1. The van der Waals surface area contributed by atoms with Crippen LogP contribution in [0, 0.1) is 11.7 Å². The van der Waals surface area contributed by atoms with E-state index in [0.717, 1.165) is 17.7 Å². The molecule has 33 heavy (non-hydrogen) atoms. The number of halogens is 1. The minimum atomic E-state index is -0.656. The van der Waals surface area contributed by atoms with Crippen LogP contribution < -0.4 is 10.1 Å². The molecular weight excluding hydrogens is 443 g/mol. The van der Waals surface area contributed by atoms with Crippen molar-refractivity contribution in [3.05, 3.63) is 70.5 Å². The summed E-state index contributed by atoms with van der Waals surface area (Å²) >= 11 is 1.38. The highest BCUT2D eigenvalue weighted by Crippen LogP contribution is 2.34. The van der Waals surface area contributed by atoms with Crippen LogP contribution in [0.4, 0.5) is 4.39 Å². The third-order valence-corrected chi connectivity index (χ3v) is 6.64. The van der Waals surface area contributed by atoms with E-state index in [1.165, 1.54) is 23.5 Å². The van der Waals surface area contributed by atoms with E-state index in [0.29, 0.717) is 21.9 Å². The Bertz CT molecular complexity index is 1160. The van der Waals surface area contributed by atoms with Gasteiger partial charge in [-0.25, -0.2) is 9.37 Å². The number of carbonyl (C=O) groups is 2. The maximum atomic E-state index is 14.5. The molecule has 2 atom stereocenters. The molecule has 1 aromatic heterocycles. The van der Waals surface area contributed by atoms with Crippen LogP contribution in [0.2, 0.25) is 0 Å². The first-order chi connectivity index (χ1) is 15.9. The molecule has 1 heterocycles. The summed E-state index contributed by atoms with van der Waals surface area (Å²) in [6, 6.07) is 11.1. The molecular formula is C25H25FN2O4S. The van der Waals surface area contributed by atoms with Gasteiger partial charge in [0.15, 0.2) is 5.78 Å². The first kappa shape index (κ1) is 23.1. The van der Waals surface area contributed by atoms with Gasteiger partial charge in [0.2, 0.25) is 0 Å². The van der Waals surface area contributed by atoms with Gasteiger partial charge in [0.05, 0.1) is 17.0 Å². The van der Waals surface area contributed by atoms with E-state index in [1.807, 2.05) is 6.92 Å². The largest absolute Gasteiger partial charge is 0.485 e. The molecule has 172 valence electrons. The SMILES string of the molecule is CC(Oc1ccc(C(=O)C2CC2)cc1)c1cnc(-c2ccc(C(=O)N[C@H](C)CO)c(F)c2)s1. The van der Waals surface area contributed by atoms with Crippen molar-refractivity contribution in [2.75, 3.05) is 6.61 Å². The molecule has 0 bridgehead atoms. The van der Waals surface area contributed by atoms with E-state index in [2.05, 4.69) is 10.3 Å². The van der Waals surface area contributed by atoms with Crippen molar-refractivity contribution in [3.63, 3.8) is 0 Å². The van der Waals surface area contributed by atoms with E-state index in [1.54, 1.807) is 43.5 Å². The van der Waals surface area contributed by atoms with Crippen molar-refractivity contribution < 1.29 is 23.8 Å². The van der Waals surface area contributed by atoms with Crippen molar-refractivity contribution in [1.82, 2.24) is 10.3 Å². The van der Waals surface area contributed by atoms with Gasteiger partial charge in [-0.3, -0.25) is 9.59 Å². The minimum absolute atomic E-state index is 0.0869. The van der Waals surface area contributed by atoms with Gasteiger partial charge >= 0.3 is 0 Å². The fourth-order valence-electron chi connectivity index (χ4n) is 3.33. The highest BCUT2D eigenvalue weighted by molar-refractivity contribution is 7.15. The molecule has 6 nitrogen and oxygen atoms in total. The summed E-state index contributed by atoms with van der Waals surface area (Å²) in [5.41, 5.74) is 1.18. The number of aromatic nitrogens is 1. The summed E-state index contributed by atoms with van der Waals surface area (Å²) in [7, 11) is 0. The van der Waals surface area contributed by atoms with Crippen molar-refractivity contribution in [3.8, 4) is 16.3 Å². The maximum absolute atomic E-state index is 14.5. The van der Waals surface area contributed by atoms with E-state index in [-0.39, 0.29) is 30.0 Å². The Morgan fingerprint density at radius 1 is 1.21 bits per heavy atom. The molecule has 1 fully saturated rings. The number of benzene rings is 2. The second-order valence-corrected chi connectivity index (χ2v) is 9.30. The Kier molecular flexibility index (Phi) is 6.85. The van der Waals surface area contributed by atoms with Gasteiger partial charge in [0, 0.05) is 29.3 Å². The number of aliphatic hydroxyl groups is 1. The lowest BCUT2D eigenvalue weighted by molar-refractivity contribution is 0.0917. The zero-order valence-electron chi connectivity index (χ0n) is 18.4. The van der Waals surface area contributed by atoms with Gasteiger partial charge in [-0.2, -0.15) is 0 Å². The fraction of sp³-hybridized carbons (Fsp3) is 0.320. The van der Waals surface area contributed by atoms with Crippen molar-refractivity contribution in [1.29, 1.82) is 0 Å². The smallest absolute Gasteiger partial charge is 0.254 e. The van der Waals surface area contributed by atoms with Gasteiger partial charge < -0.3 is 15.2 Å². The molecule has 0 aliphatic heterocycles. The second kappa shape index (κ2) is 9.80. The predicted octanol–water partition coefficient (Wildman–Crippen LogP) is 4.79. The summed E-state index contributed by atoms with van der Waals surface area (Å²) < 4.78 is 20.5. The quantitative estimate of drug-likeness (QED) is 0.441. The molecule has 4 rings (SSSR count). The molecule has 8 heteroatoms. The normalized spacial score (nSPS) is 15.0. The van der Waals surface area contributed by atoms with Crippen LogP contribution in [0.5, 0.6) is 5.75 Å². The lowest BCUT2D eigenvalue weighted by Crippen LogP contribution is -2.35. The van der Waals surface area contributed by atoms with Gasteiger partial charge in [0.25, 0.3) is 5.91 Å². The number of amides is 1. The third kappa shape index (κ3) is 5.46. The minimum Gasteiger partial charge on any atom is -0.485 e. The van der Waals surface area contributed by atoms with Crippen LogP contribution in [-0.2, 0) is 0 Å². The summed E-state index contributed by atoms with van der Waals surface area (Å²) in [5, 5.41) is 12.2. The molecule has 1 aliphatic carbocycles. The van der Waals surface area contributed by atoms with Gasteiger partial charge in [0.1, 0.15) is 22.7 Å². The Labute approximate surface area is 195 Å². The average molecular weight is 469 g/mol. The zero-order chi connectivity index (χ0) is 23.5. The lowest BCUT2D eigenvalue weighted by atomic mass is 10.1. The number of nitrogens with one attached hydrogen (secondary N) is 1. The van der Waals surface area contributed by atoms with Gasteiger partial charge in [-0.1, -0.05) is 6.07 Å². The molecule has 3 aromatic rings. The molecule has 0 radical (unpaired) electrons. The summed E-state index contributed by atoms with van der Waals surface area (Å²) in [5.74, 6) is -0.198. The van der Waals surface area contributed by atoms with Crippen LogP contribution in [0.15, 0.2) is 48.7 Å². The second-order valence-electron chi connectivity index (χ2n) is 8.24. The van der Waals surface area contributed by atoms with Gasteiger partial charge in [-0.05, 0) is 63.1 Å². The van der Waals surface area contributed by atoms with Crippen molar-refractivity contribution >= 4 is 23.0 Å². The number of carbonyl (C=O) groups excluding carboxylic acids is 2. The molecule has 0 saturated heterocycles. The number of thiazole rings is 1.